The lowest BCUT2D eigenvalue weighted by Crippen LogP contribution is -2.29. The number of hydrogen-bond acceptors (Lipinski definition) is 5. The molecule has 1 aromatic heterocycles. The second kappa shape index (κ2) is 3.16. The first-order chi connectivity index (χ1) is 6.61. The molecule has 14 heavy (non-hydrogen) atoms. The Morgan fingerprint density at radius 1 is 1.14 bits per heavy atom. The molecule has 1 heterocycles. The maximum Gasteiger partial charge on any atom is 0.489 e. The first kappa shape index (κ1) is 9.33. The number of thiophene rings is 1. The zero-order chi connectivity index (χ0) is 10.3. The highest BCUT2D eigenvalue weighted by atomic mass is 32.1. The standard InChI is InChI=1S/C8H7BO4S/c10-7-6-4(9(12)13)2-1-3-5(6)14-8(7)11/h1-3,10-13H. The molecule has 72 valence electrons. The van der Waals surface area contributed by atoms with E-state index in [1.54, 1.807) is 12.1 Å². The second-order valence-corrected chi connectivity index (χ2v) is 3.88. The summed E-state index contributed by atoms with van der Waals surface area (Å²) in [6, 6.07) is 4.80. The molecule has 2 rings (SSSR count). The quantitative estimate of drug-likeness (QED) is 0.499. The van der Waals surface area contributed by atoms with Gasteiger partial charge in [-0.3, -0.25) is 0 Å². The average molecular weight is 210 g/mol. The van der Waals surface area contributed by atoms with E-state index in [1.807, 2.05) is 0 Å². The summed E-state index contributed by atoms with van der Waals surface area (Å²) in [4.78, 5) is 0. The van der Waals surface area contributed by atoms with Crippen molar-refractivity contribution in [1.82, 2.24) is 0 Å². The van der Waals surface area contributed by atoms with Gasteiger partial charge in [-0.1, -0.05) is 23.5 Å². The number of aromatic hydroxyl groups is 2. The highest BCUT2D eigenvalue weighted by molar-refractivity contribution is 7.21. The van der Waals surface area contributed by atoms with Crippen LogP contribution < -0.4 is 5.46 Å². The maximum atomic E-state index is 9.47. The van der Waals surface area contributed by atoms with E-state index >= 15 is 0 Å². The Bertz CT molecular complexity index is 479. The Kier molecular flexibility index (Phi) is 2.11. The summed E-state index contributed by atoms with van der Waals surface area (Å²) in [5, 5.41) is 36.8. The number of benzene rings is 1. The van der Waals surface area contributed by atoms with Crippen molar-refractivity contribution in [3.05, 3.63) is 18.2 Å². The van der Waals surface area contributed by atoms with Crippen molar-refractivity contribution < 1.29 is 20.3 Å². The summed E-state index contributed by atoms with van der Waals surface area (Å²) in [5.41, 5.74) is 0.191. The molecule has 0 aliphatic heterocycles. The largest absolute Gasteiger partial charge is 0.503 e. The van der Waals surface area contributed by atoms with Crippen LogP contribution in [0.25, 0.3) is 10.1 Å². The minimum absolute atomic E-state index is 0.191. The lowest BCUT2D eigenvalue weighted by molar-refractivity contribution is 0.417. The van der Waals surface area contributed by atoms with Gasteiger partial charge < -0.3 is 20.3 Å². The van der Waals surface area contributed by atoms with Gasteiger partial charge in [0.1, 0.15) is 0 Å². The Morgan fingerprint density at radius 3 is 2.50 bits per heavy atom. The van der Waals surface area contributed by atoms with Crippen LogP contribution in [0.2, 0.25) is 0 Å². The van der Waals surface area contributed by atoms with Crippen LogP contribution in [0, 0.1) is 0 Å². The van der Waals surface area contributed by atoms with Crippen molar-refractivity contribution in [1.29, 1.82) is 0 Å². The predicted molar refractivity (Wildman–Crippen MR) is 55.0 cm³/mol. The van der Waals surface area contributed by atoms with E-state index in [9.17, 15) is 10.2 Å². The van der Waals surface area contributed by atoms with Crippen LogP contribution in [-0.2, 0) is 0 Å². The predicted octanol–water partition coefficient (Wildman–Crippen LogP) is -0.00770. The fourth-order valence-electron chi connectivity index (χ4n) is 1.36. The molecule has 2 aromatic rings. The molecule has 0 radical (unpaired) electrons. The smallest absolute Gasteiger partial charge is 0.489 e. The molecule has 0 unspecified atom stereocenters. The minimum Gasteiger partial charge on any atom is -0.503 e. The maximum absolute atomic E-state index is 9.47. The zero-order valence-corrected chi connectivity index (χ0v) is 7.82. The van der Waals surface area contributed by atoms with Gasteiger partial charge in [-0.15, -0.1) is 0 Å². The molecule has 0 aliphatic rings. The molecule has 0 saturated carbocycles. The molecule has 0 fully saturated rings. The fraction of sp³-hybridized carbons (Fsp3) is 0. The van der Waals surface area contributed by atoms with Gasteiger partial charge in [0.05, 0.1) is 0 Å². The van der Waals surface area contributed by atoms with Gasteiger partial charge in [0, 0.05) is 10.1 Å². The molecule has 0 spiro atoms. The van der Waals surface area contributed by atoms with Crippen molar-refractivity contribution in [2.24, 2.45) is 0 Å². The molecule has 0 amide bonds. The van der Waals surface area contributed by atoms with Crippen LogP contribution in [0.4, 0.5) is 0 Å². The van der Waals surface area contributed by atoms with E-state index in [0.29, 0.717) is 10.1 Å². The Balaban J connectivity index is 2.84. The zero-order valence-electron chi connectivity index (χ0n) is 7.01. The van der Waals surface area contributed by atoms with Crippen LogP contribution in [0.3, 0.4) is 0 Å². The third-order valence-corrected chi connectivity index (χ3v) is 2.93. The summed E-state index contributed by atoms with van der Waals surface area (Å²) < 4.78 is 0.616. The molecule has 0 saturated heterocycles. The van der Waals surface area contributed by atoms with E-state index in [0.717, 1.165) is 11.3 Å². The lowest BCUT2D eigenvalue weighted by atomic mass is 9.78. The van der Waals surface area contributed by atoms with Crippen LogP contribution >= 0.6 is 11.3 Å². The normalized spacial score (nSPS) is 10.7. The first-order valence-electron chi connectivity index (χ1n) is 3.90. The summed E-state index contributed by atoms with van der Waals surface area (Å²) in [6.07, 6.45) is 0. The summed E-state index contributed by atoms with van der Waals surface area (Å²) in [7, 11) is -1.65. The van der Waals surface area contributed by atoms with Crippen molar-refractivity contribution in [3.8, 4) is 10.8 Å². The molecule has 0 bridgehead atoms. The van der Waals surface area contributed by atoms with Crippen LogP contribution in [0.1, 0.15) is 0 Å². The molecule has 0 atom stereocenters. The molecular weight excluding hydrogens is 203 g/mol. The van der Waals surface area contributed by atoms with E-state index in [1.165, 1.54) is 6.07 Å². The summed E-state index contributed by atoms with van der Waals surface area (Å²) in [6.45, 7) is 0. The Hall–Kier alpha value is -1.24. The molecule has 1 aromatic carbocycles. The lowest BCUT2D eigenvalue weighted by Gasteiger charge is -2.00. The number of hydrogen-bond donors (Lipinski definition) is 4. The Labute approximate surface area is 83.8 Å². The second-order valence-electron chi connectivity index (χ2n) is 2.85. The minimum atomic E-state index is -1.65. The van der Waals surface area contributed by atoms with Crippen LogP contribution in [-0.4, -0.2) is 27.4 Å². The average Bonchev–Trinajstić information content (AvgIpc) is 2.43. The number of rotatable bonds is 1. The van der Waals surface area contributed by atoms with E-state index in [2.05, 4.69) is 0 Å². The Morgan fingerprint density at radius 2 is 1.86 bits per heavy atom. The van der Waals surface area contributed by atoms with Crippen LogP contribution in [0.15, 0.2) is 18.2 Å². The molecular formula is C8H7BO4S. The van der Waals surface area contributed by atoms with E-state index in [-0.39, 0.29) is 16.3 Å². The molecule has 0 aliphatic carbocycles. The summed E-state index contributed by atoms with van der Waals surface area (Å²) in [5.74, 6) is -0.297. The fourth-order valence-corrected chi connectivity index (χ4v) is 2.23. The topological polar surface area (TPSA) is 80.9 Å². The molecule has 4 nitrogen and oxygen atoms in total. The van der Waals surface area contributed by atoms with Crippen molar-refractivity contribution in [3.63, 3.8) is 0 Å². The third kappa shape index (κ3) is 1.24. The highest BCUT2D eigenvalue weighted by Crippen LogP contribution is 2.41. The third-order valence-electron chi connectivity index (χ3n) is 1.98. The van der Waals surface area contributed by atoms with Gasteiger partial charge in [0.25, 0.3) is 0 Å². The van der Waals surface area contributed by atoms with Gasteiger partial charge in [0.15, 0.2) is 5.75 Å². The van der Waals surface area contributed by atoms with Gasteiger partial charge >= 0.3 is 7.12 Å². The van der Waals surface area contributed by atoms with Crippen LogP contribution in [0.5, 0.6) is 10.8 Å². The van der Waals surface area contributed by atoms with Gasteiger partial charge in [-0.25, -0.2) is 0 Å². The summed E-state index contributed by atoms with van der Waals surface area (Å²) >= 11 is 0.994. The molecule has 4 N–H and O–H groups in total. The van der Waals surface area contributed by atoms with Gasteiger partial charge in [-0.2, -0.15) is 0 Å². The number of fused-ring (bicyclic) bond motifs is 1. The van der Waals surface area contributed by atoms with E-state index in [4.69, 9.17) is 10.0 Å². The van der Waals surface area contributed by atoms with Crippen molar-refractivity contribution in [2.45, 2.75) is 0 Å². The van der Waals surface area contributed by atoms with Gasteiger partial charge in [0.2, 0.25) is 5.06 Å². The first-order valence-corrected chi connectivity index (χ1v) is 4.72. The SMILES string of the molecule is OB(O)c1cccc2sc(O)c(O)c12. The van der Waals surface area contributed by atoms with Crippen molar-refractivity contribution >= 4 is 34.0 Å². The van der Waals surface area contributed by atoms with Crippen molar-refractivity contribution in [2.75, 3.05) is 0 Å². The monoisotopic (exact) mass is 210 g/mol. The molecule has 6 heteroatoms. The van der Waals surface area contributed by atoms with E-state index < -0.39 is 7.12 Å². The highest BCUT2D eigenvalue weighted by Gasteiger charge is 2.20. The van der Waals surface area contributed by atoms with Gasteiger partial charge in [-0.05, 0) is 11.5 Å².